The Balaban J connectivity index is 1.63. The number of rotatable bonds is 8. The van der Waals surface area contributed by atoms with Crippen LogP contribution >= 0.6 is 0 Å². The minimum absolute atomic E-state index is 0.143. The highest BCUT2D eigenvalue weighted by molar-refractivity contribution is 5.78. The average molecular weight is 394 g/mol. The third-order valence-corrected chi connectivity index (χ3v) is 4.71. The molecule has 0 saturated carbocycles. The van der Waals surface area contributed by atoms with E-state index in [1.807, 2.05) is 31.2 Å². The summed E-state index contributed by atoms with van der Waals surface area (Å²) in [6, 6.07) is 12.4. The first-order valence-corrected chi connectivity index (χ1v) is 9.00. The fourth-order valence-corrected chi connectivity index (χ4v) is 2.80. The topological polar surface area (TPSA) is 86.5 Å². The molecule has 0 unspecified atom stereocenters. The second-order valence-corrected chi connectivity index (χ2v) is 6.43. The molecule has 2 aromatic carbocycles. The lowest BCUT2D eigenvalue weighted by atomic mass is 10.1. The molecule has 1 heterocycles. The van der Waals surface area contributed by atoms with Crippen LogP contribution < -0.4 is 9.47 Å². The van der Waals surface area contributed by atoms with Crippen LogP contribution in [0.25, 0.3) is 5.69 Å². The number of carbonyl (C=O) groups is 2. The van der Waals surface area contributed by atoms with Gasteiger partial charge in [0.25, 0.3) is 5.91 Å². The van der Waals surface area contributed by atoms with Crippen LogP contribution in [0.3, 0.4) is 0 Å². The van der Waals surface area contributed by atoms with Gasteiger partial charge in [-0.2, -0.15) is 5.10 Å². The molecule has 150 valence electrons. The van der Waals surface area contributed by atoms with Crippen molar-refractivity contribution in [3.8, 4) is 17.2 Å². The summed E-state index contributed by atoms with van der Waals surface area (Å²) in [6.07, 6.45) is 3.83. The van der Waals surface area contributed by atoms with Crippen molar-refractivity contribution in [2.45, 2.75) is 13.0 Å². The number of aromatic nitrogens is 3. The highest BCUT2D eigenvalue weighted by Crippen LogP contribution is 2.28. The van der Waals surface area contributed by atoms with Gasteiger partial charge in [0.15, 0.2) is 18.1 Å². The molecule has 1 amide bonds. The van der Waals surface area contributed by atoms with Crippen molar-refractivity contribution >= 4 is 12.2 Å². The van der Waals surface area contributed by atoms with Crippen molar-refractivity contribution in [2.75, 3.05) is 20.8 Å². The smallest absolute Gasteiger partial charge is 0.260 e. The fraction of sp³-hybridized carbons (Fsp3) is 0.238. The van der Waals surface area contributed by atoms with Crippen LogP contribution in [0.4, 0.5) is 0 Å². The van der Waals surface area contributed by atoms with Gasteiger partial charge >= 0.3 is 0 Å². The van der Waals surface area contributed by atoms with E-state index in [4.69, 9.17) is 9.47 Å². The Hall–Kier alpha value is -3.68. The number of hydrogen-bond donors (Lipinski definition) is 0. The number of benzene rings is 2. The lowest BCUT2D eigenvalue weighted by molar-refractivity contribution is -0.134. The van der Waals surface area contributed by atoms with Crippen LogP contribution in [0.2, 0.25) is 0 Å². The molecule has 3 rings (SSSR count). The predicted molar refractivity (Wildman–Crippen MR) is 106 cm³/mol. The van der Waals surface area contributed by atoms with Crippen molar-refractivity contribution < 1.29 is 19.1 Å². The summed E-state index contributed by atoms with van der Waals surface area (Å²) in [7, 11) is 3.21. The van der Waals surface area contributed by atoms with Crippen LogP contribution in [-0.4, -0.2) is 52.6 Å². The summed E-state index contributed by atoms with van der Waals surface area (Å²) >= 11 is 0. The molecular formula is C21H22N4O4. The maximum Gasteiger partial charge on any atom is 0.260 e. The zero-order valence-corrected chi connectivity index (χ0v) is 16.5. The number of likely N-dealkylation sites (N-methyl/N-ethyl adjacent to an activating group) is 1. The number of amides is 1. The van der Waals surface area contributed by atoms with Crippen molar-refractivity contribution in [2.24, 2.45) is 0 Å². The highest BCUT2D eigenvalue weighted by atomic mass is 16.5. The lowest BCUT2D eigenvalue weighted by Crippen LogP contribution is -2.33. The largest absolute Gasteiger partial charge is 0.493 e. The maximum absolute atomic E-state index is 12.6. The number of ether oxygens (including phenoxy) is 2. The SMILES string of the molecule is COc1cc(C=O)ccc1OCC(=O)N(C)[C@@H](C)c1ccc(-n2cncn2)cc1. The Kier molecular flexibility index (Phi) is 6.23. The molecule has 0 fully saturated rings. The third-order valence-electron chi connectivity index (χ3n) is 4.71. The van der Waals surface area contributed by atoms with Crippen LogP contribution in [0.15, 0.2) is 55.1 Å². The van der Waals surface area contributed by atoms with Gasteiger partial charge in [-0.1, -0.05) is 12.1 Å². The van der Waals surface area contributed by atoms with E-state index in [0.717, 1.165) is 17.5 Å². The van der Waals surface area contributed by atoms with Gasteiger partial charge in [0.1, 0.15) is 18.9 Å². The number of aldehydes is 1. The second kappa shape index (κ2) is 9.01. The number of carbonyl (C=O) groups excluding carboxylic acids is 2. The molecule has 0 aliphatic heterocycles. The van der Waals surface area contributed by atoms with E-state index in [1.165, 1.54) is 13.4 Å². The van der Waals surface area contributed by atoms with Gasteiger partial charge in [0.05, 0.1) is 18.8 Å². The zero-order valence-electron chi connectivity index (χ0n) is 16.5. The predicted octanol–water partition coefficient (Wildman–Crippen LogP) is 2.69. The molecule has 1 atom stereocenters. The van der Waals surface area contributed by atoms with E-state index in [1.54, 1.807) is 41.2 Å². The summed E-state index contributed by atoms with van der Waals surface area (Å²) in [5.41, 5.74) is 2.35. The average Bonchev–Trinajstić information content (AvgIpc) is 3.31. The van der Waals surface area contributed by atoms with E-state index in [2.05, 4.69) is 10.1 Å². The number of nitrogens with zero attached hydrogens (tertiary/aromatic N) is 4. The standard InChI is InChI=1S/C21H22N4O4/c1-15(17-5-7-18(8-6-17)25-14-22-13-23-25)24(2)21(27)12-29-19-9-4-16(11-26)10-20(19)28-3/h4-11,13-15H,12H2,1-3H3/t15-/m0/s1. The van der Waals surface area contributed by atoms with E-state index >= 15 is 0 Å². The number of methoxy groups -OCH3 is 1. The van der Waals surface area contributed by atoms with E-state index in [-0.39, 0.29) is 18.6 Å². The summed E-state index contributed by atoms with van der Waals surface area (Å²) in [5, 5.41) is 4.10. The monoisotopic (exact) mass is 394 g/mol. The van der Waals surface area contributed by atoms with Crippen molar-refractivity contribution in [1.82, 2.24) is 19.7 Å². The van der Waals surface area contributed by atoms with Gasteiger partial charge in [0, 0.05) is 12.6 Å². The second-order valence-electron chi connectivity index (χ2n) is 6.43. The van der Waals surface area contributed by atoms with Crippen molar-refractivity contribution in [1.29, 1.82) is 0 Å². The fourth-order valence-electron chi connectivity index (χ4n) is 2.80. The Morgan fingerprint density at radius 1 is 1.21 bits per heavy atom. The molecule has 0 bridgehead atoms. The van der Waals surface area contributed by atoms with Crippen LogP contribution in [0.5, 0.6) is 11.5 Å². The normalized spacial score (nSPS) is 11.6. The molecule has 1 aromatic heterocycles. The molecule has 0 spiro atoms. The highest BCUT2D eigenvalue weighted by Gasteiger charge is 2.19. The molecule has 0 N–H and O–H groups in total. The molecule has 8 heteroatoms. The van der Waals surface area contributed by atoms with E-state index in [0.29, 0.717) is 17.1 Å². The molecule has 0 radical (unpaired) electrons. The molecule has 8 nitrogen and oxygen atoms in total. The maximum atomic E-state index is 12.6. The first-order chi connectivity index (χ1) is 14.0. The first-order valence-electron chi connectivity index (χ1n) is 9.00. The summed E-state index contributed by atoms with van der Waals surface area (Å²) in [4.78, 5) is 29.0. The van der Waals surface area contributed by atoms with Crippen molar-refractivity contribution in [3.05, 3.63) is 66.2 Å². The Labute approximate surface area is 168 Å². The van der Waals surface area contributed by atoms with Gasteiger partial charge in [-0.3, -0.25) is 9.59 Å². The first kappa shape index (κ1) is 20.1. The summed E-state index contributed by atoms with van der Waals surface area (Å²) in [5.74, 6) is 0.630. The third kappa shape index (κ3) is 4.60. The van der Waals surface area contributed by atoms with Crippen LogP contribution in [0.1, 0.15) is 28.9 Å². The molecular weight excluding hydrogens is 372 g/mol. The molecule has 0 aliphatic rings. The Morgan fingerprint density at radius 2 is 1.97 bits per heavy atom. The molecule has 0 aliphatic carbocycles. The molecule has 3 aromatic rings. The molecule has 0 saturated heterocycles. The van der Waals surface area contributed by atoms with Gasteiger partial charge in [-0.05, 0) is 42.8 Å². The summed E-state index contributed by atoms with van der Waals surface area (Å²) < 4.78 is 12.5. The van der Waals surface area contributed by atoms with E-state index < -0.39 is 0 Å². The quantitative estimate of drug-likeness (QED) is 0.546. The lowest BCUT2D eigenvalue weighted by Gasteiger charge is -2.25. The van der Waals surface area contributed by atoms with Gasteiger partial charge in [-0.25, -0.2) is 9.67 Å². The zero-order chi connectivity index (χ0) is 20.8. The summed E-state index contributed by atoms with van der Waals surface area (Å²) in [6.45, 7) is 1.80. The Morgan fingerprint density at radius 3 is 2.59 bits per heavy atom. The Bertz CT molecular complexity index is 971. The minimum atomic E-state index is -0.181. The minimum Gasteiger partial charge on any atom is -0.493 e. The van der Waals surface area contributed by atoms with Gasteiger partial charge < -0.3 is 14.4 Å². The number of hydrogen-bond acceptors (Lipinski definition) is 6. The van der Waals surface area contributed by atoms with E-state index in [9.17, 15) is 9.59 Å². The van der Waals surface area contributed by atoms with Crippen LogP contribution in [-0.2, 0) is 4.79 Å². The molecule has 29 heavy (non-hydrogen) atoms. The van der Waals surface area contributed by atoms with Gasteiger partial charge in [0.2, 0.25) is 0 Å². The van der Waals surface area contributed by atoms with Crippen molar-refractivity contribution in [3.63, 3.8) is 0 Å². The van der Waals surface area contributed by atoms with Gasteiger partial charge in [-0.15, -0.1) is 0 Å². The van der Waals surface area contributed by atoms with Crippen LogP contribution in [0, 0.1) is 0 Å².